The highest BCUT2D eigenvalue weighted by atomic mass is 16.6. The van der Waals surface area contributed by atoms with E-state index in [0.29, 0.717) is 35.4 Å². The molecular weight excluding hydrogens is 324 g/mol. The topological polar surface area (TPSA) is 52.1 Å². The molecule has 4 heteroatoms. The van der Waals surface area contributed by atoms with E-state index in [1.165, 1.54) is 0 Å². The van der Waals surface area contributed by atoms with Crippen LogP contribution in [0.25, 0.3) is 0 Å². The van der Waals surface area contributed by atoms with Crippen molar-refractivity contribution < 1.29 is 9.72 Å². The number of nitrogens with zero attached hydrogens (tertiary/aromatic N) is 2. The van der Waals surface area contributed by atoms with Gasteiger partial charge in [0.25, 0.3) is 0 Å². The zero-order valence-corrected chi connectivity index (χ0v) is 15.9. The highest BCUT2D eigenvalue weighted by molar-refractivity contribution is 5.16. The molecule has 0 amide bonds. The Hall–Kier alpha value is -2.36. The van der Waals surface area contributed by atoms with Crippen molar-refractivity contribution in [1.82, 2.24) is 0 Å². The summed E-state index contributed by atoms with van der Waals surface area (Å²) in [6.07, 6.45) is 4.37. The van der Waals surface area contributed by atoms with E-state index in [4.69, 9.17) is 0 Å². The van der Waals surface area contributed by atoms with Gasteiger partial charge in [0.2, 0.25) is 12.1 Å². The second-order valence-electron chi connectivity index (χ2n) is 6.87. The lowest BCUT2D eigenvalue weighted by Crippen LogP contribution is -2.36. The van der Waals surface area contributed by atoms with Crippen LogP contribution in [0, 0.1) is 10.4 Å². The fourth-order valence-electron chi connectivity index (χ4n) is 3.34. The van der Waals surface area contributed by atoms with E-state index in [-0.39, 0.29) is 12.1 Å². The Kier molecular flexibility index (Phi) is 8.13. The summed E-state index contributed by atoms with van der Waals surface area (Å²) >= 11 is 0. The van der Waals surface area contributed by atoms with Gasteiger partial charge in [-0.1, -0.05) is 74.5 Å². The van der Waals surface area contributed by atoms with Gasteiger partial charge in [-0.15, -0.1) is 0 Å². The van der Waals surface area contributed by atoms with Crippen LogP contribution in [0.1, 0.15) is 50.7 Å². The lowest BCUT2D eigenvalue weighted by atomic mass is 10.0. The second kappa shape index (κ2) is 10.6. The third-order valence-corrected chi connectivity index (χ3v) is 4.69. The molecule has 0 saturated heterocycles. The average molecular weight is 354 g/mol. The van der Waals surface area contributed by atoms with Crippen LogP contribution in [0.2, 0.25) is 0 Å². The third-order valence-electron chi connectivity index (χ3n) is 4.69. The summed E-state index contributed by atoms with van der Waals surface area (Å²) in [7, 11) is 0. The smallest absolute Gasteiger partial charge is 0.233 e. The molecule has 4 nitrogen and oxygen atoms in total. The van der Waals surface area contributed by atoms with E-state index in [9.17, 15) is 10.4 Å². The molecule has 0 aliphatic carbocycles. The summed E-state index contributed by atoms with van der Waals surface area (Å²) < 4.78 is 0. The molecule has 0 saturated carbocycles. The molecule has 2 atom stereocenters. The second-order valence-corrected chi connectivity index (χ2v) is 6.87. The maximum absolute atomic E-state index is 12.9. The standard InChI is InChI=1S/C22H30N2O2/c1-3-11-21(17-19-13-7-5-8-14-19)23(25)24(26)22(12-4-2)18-20-15-9-6-10-16-20/h5-10,13-16,21-22H,3-4,11-12,17-18H2,1-2H3/b24-23+. The summed E-state index contributed by atoms with van der Waals surface area (Å²) in [5.74, 6) is 0. The van der Waals surface area contributed by atoms with Crippen LogP contribution in [-0.2, 0) is 12.8 Å². The zero-order chi connectivity index (χ0) is 18.8. The first-order valence-electron chi connectivity index (χ1n) is 9.66. The average Bonchev–Trinajstić information content (AvgIpc) is 2.68. The van der Waals surface area contributed by atoms with Gasteiger partial charge in [-0.05, 0) is 24.0 Å². The first kappa shape index (κ1) is 20.0. The Morgan fingerprint density at radius 1 is 0.654 bits per heavy atom. The molecule has 0 bridgehead atoms. The number of hydrogen-bond donors (Lipinski definition) is 0. The Balaban J connectivity index is 2.21. The van der Waals surface area contributed by atoms with Gasteiger partial charge in [-0.3, -0.25) is 0 Å². The molecule has 0 aliphatic rings. The maximum Gasteiger partial charge on any atom is 0.233 e. The van der Waals surface area contributed by atoms with Gasteiger partial charge in [0.15, 0.2) is 0 Å². The highest BCUT2D eigenvalue weighted by Crippen LogP contribution is 2.15. The SMILES string of the molecule is CCCC(Cc1ccccc1)/[N+]([O-])=[N+](\[O-])C(CCC)Cc1ccccc1. The summed E-state index contributed by atoms with van der Waals surface area (Å²) in [4.78, 5) is 1.39. The van der Waals surface area contributed by atoms with Crippen LogP contribution >= 0.6 is 0 Å². The van der Waals surface area contributed by atoms with E-state index in [1.807, 2.05) is 60.7 Å². The minimum atomic E-state index is -0.324. The number of benzene rings is 2. The first-order chi connectivity index (χ1) is 12.7. The van der Waals surface area contributed by atoms with E-state index < -0.39 is 0 Å². The number of hydroxylamine groups is 2. The fourth-order valence-corrected chi connectivity index (χ4v) is 3.34. The molecule has 140 valence electrons. The van der Waals surface area contributed by atoms with Crippen molar-refractivity contribution >= 4 is 0 Å². The van der Waals surface area contributed by atoms with Crippen LogP contribution in [0.5, 0.6) is 0 Å². The van der Waals surface area contributed by atoms with Crippen LogP contribution in [0.4, 0.5) is 0 Å². The van der Waals surface area contributed by atoms with Crippen molar-refractivity contribution in [1.29, 1.82) is 0 Å². The molecule has 0 aromatic heterocycles. The predicted octanol–water partition coefficient (Wildman–Crippen LogP) is 5.28. The molecule has 0 radical (unpaired) electrons. The highest BCUT2D eigenvalue weighted by Gasteiger charge is 2.29. The van der Waals surface area contributed by atoms with Crippen molar-refractivity contribution in [2.75, 3.05) is 0 Å². The Morgan fingerprint density at radius 3 is 1.31 bits per heavy atom. The van der Waals surface area contributed by atoms with E-state index >= 15 is 0 Å². The molecule has 0 aliphatic heterocycles. The minimum Gasteiger partial charge on any atom is -0.567 e. The van der Waals surface area contributed by atoms with Crippen LogP contribution < -0.4 is 0 Å². The van der Waals surface area contributed by atoms with Crippen molar-refractivity contribution in [3.05, 3.63) is 82.2 Å². The van der Waals surface area contributed by atoms with Gasteiger partial charge >= 0.3 is 0 Å². The largest absolute Gasteiger partial charge is 0.567 e. The Morgan fingerprint density at radius 2 is 1.00 bits per heavy atom. The first-order valence-corrected chi connectivity index (χ1v) is 9.66. The van der Waals surface area contributed by atoms with Crippen molar-refractivity contribution in [3.63, 3.8) is 0 Å². The molecule has 0 N–H and O–H groups in total. The van der Waals surface area contributed by atoms with E-state index in [2.05, 4.69) is 13.8 Å². The quantitative estimate of drug-likeness (QED) is 0.331. The van der Waals surface area contributed by atoms with Gasteiger partial charge in [0.1, 0.15) is 0 Å². The third kappa shape index (κ3) is 5.87. The summed E-state index contributed by atoms with van der Waals surface area (Å²) in [6.45, 7) is 4.10. The lowest BCUT2D eigenvalue weighted by Gasteiger charge is -2.18. The molecule has 0 heterocycles. The fraction of sp³-hybridized carbons (Fsp3) is 0.455. The number of azo groups is 1. The van der Waals surface area contributed by atoms with Crippen molar-refractivity contribution in [2.45, 2.75) is 64.5 Å². The molecule has 2 rings (SSSR count). The number of rotatable bonds is 10. The minimum absolute atomic E-state index is 0.324. The van der Waals surface area contributed by atoms with E-state index in [0.717, 1.165) is 24.0 Å². The molecule has 0 fully saturated rings. The van der Waals surface area contributed by atoms with Gasteiger partial charge in [-0.25, -0.2) is 0 Å². The summed E-state index contributed by atoms with van der Waals surface area (Å²) in [5, 5.41) is 25.7. The van der Waals surface area contributed by atoms with Gasteiger partial charge < -0.3 is 10.4 Å². The Labute approximate surface area is 157 Å². The lowest BCUT2D eigenvalue weighted by molar-refractivity contribution is -0.997. The monoisotopic (exact) mass is 354 g/mol. The van der Waals surface area contributed by atoms with Crippen molar-refractivity contribution in [2.24, 2.45) is 0 Å². The normalized spacial score (nSPS) is 14.5. The van der Waals surface area contributed by atoms with Gasteiger partial charge in [0.05, 0.1) is 0 Å². The molecule has 2 aromatic carbocycles. The Bertz CT molecular complexity index is 612. The van der Waals surface area contributed by atoms with Crippen molar-refractivity contribution in [3.8, 4) is 0 Å². The molecule has 2 unspecified atom stereocenters. The predicted molar refractivity (Wildman–Crippen MR) is 105 cm³/mol. The van der Waals surface area contributed by atoms with E-state index in [1.54, 1.807) is 0 Å². The van der Waals surface area contributed by atoms with Crippen LogP contribution in [0.15, 0.2) is 60.7 Å². The van der Waals surface area contributed by atoms with Crippen LogP contribution in [0.3, 0.4) is 0 Å². The van der Waals surface area contributed by atoms with Gasteiger partial charge in [-0.2, -0.15) is 0 Å². The summed E-state index contributed by atoms with van der Waals surface area (Å²) in [6, 6.07) is 19.2. The number of hydrogen-bond acceptors (Lipinski definition) is 2. The van der Waals surface area contributed by atoms with Gasteiger partial charge in [0, 0.05) is 35.4 Å². The zero-order valence-electron chi connectivity index (χ0n) is 15.9. The summed E-state index contributed by atoms with van der Waals surface area (Å²) in [5.41, 5.74) is 2.19. The molecule has 0 spiro atoms. The van der Waals surface area contributed by atoms with Crippen LogP contribution in [-0.4, -0.2) is 21.8 Å². The molecular formula is C22H30N2O2. The molecule has 2 aromatic rings. The molecule has 26 heavy (non-hydrogen) atoms. The maximum atomic E-state index is 12.9.